The lowest BCUT2D eigenvalue weighted by Gasteiger charge is -2.07. The van der Waals surface area contributed by atoms with Gasteiger partial charge in [-0.1, -0.05) is 0 Å². The van der Waals surface area contributed by atoms with Crippen LogP contribution in [0.4, 0.5) is 17.1 Å². The molecule has 0 spiro atoms. The van der Waals surface area contributed by atoms with Gasteiger partial charge >= 0.3 is 5.97 Å². The fraction of sp³-hybridized carbons (Fsp3) is 0. The Hall–Kier alpha value is -3.40. The van der Waals surface area contributed by atoms with E-state index in [0.29, 0.717) is 11.3 Å². The van der Waals surface area contributed by atoms with Gasteiger partial charge in [0.25, 0.3) is 5.69 Å². The summed E-state index contributed by atoms with van der Waals surface area (Å²) in [6, 6.07) is 11.9. The number of hydrogen-bond acceptors (Lipinski definition) is 5. The maximum Gasteiger partial charge on any atom is 0.335 e. The summed E-state index contributed by atoms with van der Waals surface area (Å²) in [6.45, 7) is 0. The van der Waals surface area contributed by atoms with Crippen LogP contribution in [-0.2, 0) is 0 Å². The molecule has 2 aromatic rings. The number of anilines is 2. The number of nitro benzene ring substituents is 1. The first-order valence-corrected chi connectivity index (χ1v) is 5.80. The van der Waals surface area contributed by atoms with E-state index in [0.717, 1.165) is 6.07 Å². The summed E-state index contributed by atoms with van der Waals surface area (Å²) >= 11 is 0. The van der Waals surface area contributed by atoms with E-state index >= 15 is 0 Å². The first-order valence-electron chi connectivity index (χ1n) is 5.80. The van der Waals surface area contributed by atoms with Gasteiger partial charge in [0, 0.05) is 11.8 Å². The van der Waals surface area contributed by atoms with E-state index in [-0.39, 0.29) is 16.9 Å². The summed E-state index contributed by atoms with van der Waals surface area (Å²) < 4.78 is 0. The number of rotatable bonds is 4. The maximum atomic E-state index is 11.0. The molecule has 0 aromatic heterocycles. The Bertz CT molecular complexity index is 748. The van der Waals surface area contributed by atoms with E-state index in [2.05, 4.69) is 5.32 Å². The second kappa shape index (κ2) is 5.71. The molecule has 7 nitrogen and oxygen atoms in total. The van der Waals surface area contributed by atoms with Crippen LogP contribution < -0.4 is 5.32 Å². The fourth-order valence-corrected chi connectivity index (χ4v) is 1.71. The lowest BCUT2D eigenvalue weighted by atomic mass is 10.1. The van der Waals surface area contributed by atoms with E-state index in [4.69, 9.17) is 10.4 Å². The monoisotopic (exact) mass is 283 g/mol. The first kappa shape index (κ1) is 14.0. The van der Waals surface area contributed by atoms with Crippen molar-refractivity contribution in [2.24, 2.45) is 0 Å². The Kier molecular flexibility index (Phi) is 3.81. The number of nitro groups is 1. The number of hydrogen-bond donors (Lipinski definition) is 2. The summed E-state index contributed by atoms with van der Waals surface area (Å²) in [5.74, 6) is -1.23. The predicted octanol–water partition coefficient (Wildman–Crippen LogP) is 2.91. The average molecular weight is 283 g/mol. The fourth-order valence-electron chi connectivity index (χ4n) is 1.71. The molecule has 0 fully saturated rings. The summed E-state index contributed by atoms with van der Waals surface area (Å²) in [7, 11) is 0. The number of benzene rings is 2. The first-order chi connectivity index (χ1) is 10.0. The van der Waals surface area contributed by atoms with Crippen molar-refractivity contribution >= 4 is 23.0 Å². The van der Waals surface area contributed by atoms with Crippen molar-refractivity contribution in [1.29, 1.82) is 5.26 Å². The quantitative estimate of drug-likeness (QED) is 0.658. The molecule has 0 aliphatic heterocycles. The summed E-state index contributed by atoms with van der Waals surface area (Å²) in [6.07, 6.45) is 0. The molecule has 21 heavy (non-hydrogen) atoms. The van der Waals surface area contributed by atoms with Crippen LogP contribution in [0.25, 0.3) is 0 Å². The molecule has 7 heteroatoms. The minimum absolute atomic E-state index is 0.160. The highest BCUT2D eigenvalue weighted by atomic mass is 16.6. The molecular formula is C14H9N3O4. The molecule has 0 bridgehead atoms. The minimum atomic E-state index is -1.23. The molecule has 2 rings (SSSR count). The molecule has 0 saturated carbocycles. The zero-order valence-corrected chi connectivity index (χ0v) is 10.6. The van der Waals surface area contributed by atoms with Crippen molar-refractivity contribution in [1.82, 2.24) is 0 Å². The molecule has 2 N–H and O–H groups in total. The highest BCUT2D eigenvalue weighted by molar-refractivity contribution is 5.90. The molecule has 0 unspecified atom stereocenters. The molecule has 0 radical (unpaired) electrons. The topological polar surface area (TPSA) is 116 Å². The van der Waals surface area contributed by atoms with Gasteiger partial charge in [-0.15, -0.1) is 0 Å². The zero-order chi connectivity index (χ0) is 15.4. The average Bonchev–Trinajstić information content (AvgIpc) is 2.48. The van der Waals surface area contributed by atoms with Gasteiger partial charge in [0.15, 0.2) is 0 Å². The molecule has 0 aliphatic rings. The highest BCUT2D eigenvalue weighted by Gasteiger charge is 2.17. The molecule has 0 aliphatic carbocycles. The van der Waals surface area contributed by atoms with Crippen LogP contribution >= 0.6 is 0 Å². The number of carboxylic acids is 1. The Balaban J connectivity index is 2.36. The molecule has 0 heterocycles. The minimum Gasteiger partial charge on any atom is -0.478 e. The van der Waals surface area contributed by atoms with E-state index in [1.807, 2.05) is 6.07 Å². The summed E-state index contributed by atoms with van der Waals surface area (Å²) in [4.78, 5) is 21.2. The Labute approximate surface area is 119 Å². The van der Waals surface area contributed by atoms with Crippen LogP contribution in [0.5, 0.6) is 0 Å². The second-order valence-electron chi connectivity index (χ2n) is 4.11. The van der Waals surface area contributed by atoms with Crippen molar-refractivity contribution in [2.75, 3.05) is 5.32 Å². The lowest BCUT2D eigenvalue weighted by Crippen LogP contribution is -2.01. The van der Waals surface area contributed by atoms with Crippen molar-refractivity contribution in [3.05, 3.63) is 63.7 Å². The van der Waals surface area contributed by atoms with Gasteiger partial charge in [0.1, 0.15) is 5.69 Å². The molecule has 0 atom stereocenters. The Morgan fingerprint density at radius 1 is 1.24 bits per heavy atom. The predicted molar refractivity (Wildman–Crippen MR) is 74.5 cm³/mol. The van der Waals surface area contributed by atoms with Gasteiger partial charge in [-0.3, -0.25) is 10.1 Å². The molecule has 0 amide bonds. The van der Waals surface area contributed by atoms with Gasteiger partial charge in [-0.2, -0.15) is 5.26 Å². The normalized spacial score (nSPS) is 9.67. The van der Waals surface area contributed by atoms with Crippen LogP contribution in [-0.4, -0.2) is 16.0 Å². The van der Waals surface area contributed by atoms with Crippen molar-refractivity contribution in [3.8, 4) is 6.07 Å². The number of nitrogens with one attached hydrogen (secondary N) is 1. The van der Waals surface area contributed by atoms with Crippen LogP contribution in [0.3, 0.4) is 0 Å². The third-order valence-corrected chi connectivity index (χ3v) is 2.73. The maximum absolute atomic E-state index is 11.0. The van der Waals surface area contributed by atoms with Gasteiger partial charge < -0.3 is 10.4 Å². The van der Waals surface area contributed by atoms with Crippen molar-refractivity contribution < 1.29 is 14.8 Å². The highest BCUT2D eigenvalue weighted by Crippen LogP contribution is 2.28. The Morgan fingerprint density at radius 2 is 1.90 bits per heavy atom. The van der Waals surface area contributed by atoms with E-state index in [9.17, 15) is 14.9 Å². The molecule has 2 aromatic carbocycles. The SMILES string of the molecule is N#Cc1ccc(Nc2ccc(C(=O)O)cc2[N+](=O)[O-])cc1. The second-order valence-corrected chi connectivity index (χ2v) is 4.11. The van der Waals surface area contributed by atoms with Gasteiger partial charge in [0.05, 0.1) is 22.1 Å². The van der Waals surface area contributed by atoms with Gasteiger partial charge in [-0.25, -0.2) is 4.79 Å². The van der Waals surface area contributed by atoms with E-state index in [1.165, 1.54) is 12.1 Å². The van der Waals surface area contributed by atoms with E-state index < -0.39 is 10.9 Å². The number of carbonyl (C=O) groups is 1. The number of carboxylic acid groups (broad SMARTS) is 1. The number of nitrogens with zero attached hydrogens (tertiary/aromatic N) is 2. The van der Waals surface area contributed by atoms with Crippen molar-refractivity contribution in [2.45, 2.75) is 0 Å². The van der Waals surface area contributed by atoms with Gasteiger partial charge in [-0.05, 0) is 36.4 Å². The third-order valence-electron chi connectivity index (χ3n) is 2.73. The van der Waals surface area contributed by atoms with Crippen LogP contribution in [0.15, 0.2) is 42.5 Å². The largest absolute Gasteiger partial charge is 0.478 e. The van der Waals surface area contributed by atoms with Crippen molar-refractivity contribution in [3.63, 3.8) is 0 Å². The van der Waals surface area contributed by atoms with Crippen LogP contribution in [0.1, 0.15) is 15.9 Å². The molecule has 104 valence electrons. The third kappa shape index (κ3) is 3.13. The number of nitriles is 1. The van der Waals surface area contributed by atoms with E-state index in [1.54, 1.807) is 24.3 Å². The Morgan fingerprint density at radius 3 is 2.43 bits per heavy atom. The lowest BCUT2D eigenvalue weighted by molar-refractivity contribution is -0.383. The molecular weight excluding hydrogens is 274 g/mol. The smallest absolute Gasteiger partial charge is 0.335 e. The number of aromatic carboxylic acids is 1. The summed E-state index contributed by atoms with van der Waals surface area (Å²) in [5.41, 5.74) is 0.706. The standard InChI is InChI=1S/C14H9N3O4/c15-8-9-1-4-11(5-2-9)16-12-6-3-10(14(18)19)7-13(12)17(20)21/h1-7,16H,(H,18,19). The van der Waals surface area contributed by atoms with Crippen LogP contribution in [0, 0.1) is 21.4 Å². The summed E-state index contributed by atoms with van der Waals surface area (Å²) in [5, 5.41) is 31.4. The zero-order valence-electron chi connectivity index (χ0n) is 10.6. The molecule has 0 saturated heterocycles. The van der Waals surface area contributed by atoms with Crippen LogP contribution in [0.2, 0.25) is 0 Å². The van der Waals surface area contributed by atoms with Gasteiger partial charge in [0.2, 0.25) is 0 Å².